The zero-order chi connectivity index (χ0) is 16.2. The van der Waals surface area contributed by atoms with Crippen molar-refractivity contribution in [2.75, 3.05) is 0 Å². The summed E-state index contributed by atoms with van der Waals surface area (Å²) in [4.78, 5) is 22.7. The number of hydrogen-bond acceptors (Lipinski definition) is 3. The lowest BCUT2D eigenvalue weighted by atomic mass is 10.0. The molecule has 0 aliphatic rings. The molecule has 0 saturated carbocycles. The molecular weight excluding hydrogens is 277 g/mol. The number of halogens is 1. The second-order valence-electron chi connectivity index (χ2n) is 5.44. The summed E-state index contributed by atoms with van der Waals surface area (Å²) in [6.45, 7) is 7.20. The number of nitrogens with one attached hydrogen (secondary N) is 1. The highest BCUT2D eigenvalue weighted by molar-refractivity contribution is 5.87. The number of aromatic carboxylic acids is 1. The summed E-state index contributed by atoms with van der Waals surface area (Å²) in [5, 5.41) is 11.5. The molecule has 116 valence electrons. The van der Waals surface area contributed by atoms with Crippen molar-refractivity contribution in [2.45, 2.75) is 45.8 Å². The molecule has 0 saturated heterocycles. The van der Waals surface area contributed by atoms with Gasteiger partial charge in [0.05, 0.1) is 5.56 Å². The van der Waals surface area contributed by atoms with Crippen molar-refractivity contribution < 1.29 is 23.8 Å². The topological polar surface area (TPSA) is 75.6 Å². The van der Waals surface area contributed by atoms with Crippen LogP contribution in [0.1, 0.15) is 44.5 Å². The van der Waals surface area contributed by atoms with E-state index in [1.807, 2.05) is 20.8 Å². The van der Waals surface area contributed by atoms with E-state index < -0.39 is 17.9 Å². The van der Waals surface area contributed by atoms with Crippen LogP contribution in [0, 0.1) is 5.82 Å². The number of carboxylic acid groups (broad SMARTS) is 1. The van der Waals surface area contributed by atoms with Crippen LogP contribution in [0.4, 0.5) is 4.39 Å². The predicted octanol–water partition coefficient (Wildman–Crippen LogP) is 2.60. The van der Waals surface area contributed by atoms with E-state index in [4.69, 9.17) is 9.84 Å². The smallest absolute Gasteiger partial charge is 0.335 e. The standard InChI is InChI=1S/C15H20FNO4/c1-5-15(3,4)17-13(18)9(2)21-12-7-6-10(14(19)20)8-11(12)16/h6-9H,5H2,1-4H3,(H,17,18)(H,19,20). The van der Waals surface area contributed by atoms with Gasteiger partial charge in [0.15, 0.2) is 17.7 Å². The SMILES string of the molecule is CCC(C)(C)NC(=O)C(C)Oc1ccc(C(=O)O)cc1F. The number of hydrogen-bond donors (Lipinski definition) is 2. The van der Waals surface area contributed by atoms with Crippen molar-refractivity contribution in [3.05, 3.63) is 29.6 Å². The summed E-state index contributed by atoms with van der Waals surface area (Å²) in [6.07, 6.45) is -0.145. The van der Waals surface area contributed by atoms with Crippen LogP contribution in [0.15, 0.2) is 18.2 Å². The number of ether oxygens (including phenoxy) is 1. The van der Waals surface area contributed by atoms with Gasteiger partial charge in [0.1, 0.15) is 0 Å². The van der Waals surface area contributed by atoms with E-state index in [1.165, 1.54) is 19.1 Å². The molecule has 0 radical (unpaired) electrons. The van der Waals surface area contributed by atoms with Crippen LogP contribution >= 0.6 is 0 Å². The van der Waals surface area contributed by atoms with Crippen molar-refractivity contribution in [3.63, 3.8) is 0 Å². The number of amides is 1. The lowest BCUT2D eigenvalue weighted by Gasteiger charge is -2.26. The Balaban J connectivity index is 2.77. The predicted molar refractivity (Wildman–Crippen MR) is 76.0 cm³/mol. The van der Waals surface area contributed by atoms with Crippen LogP contribution in [0.25, 0.3) is 0 Å². The van der Waals surface area contributed by atoms with Crippen LogP contribution in [0.5, 0.6) is 5.75 Å². The van der Waals surface area contributed by atoms with E-state index in [2.05, 4.69) is 5.32 Å². The van der Waals surface area contributed by atoms with Gasteiger partial charge >= 0.3 is 5.97 Å². The lowest BCUT2D eigenvalue weighted by molar-refractivity contribution is -0.129. The van der Waals surface area contributed by atoms with E-state index in [-0.39, 0.29) is 22.8 Å². The van der Waals surface area contributed by atoms with Crippen molar-refractivity contribution in [3.8, 4) is 5.75 Å². The van der Waals surface area contributed by atoms with Gasteiger partial charge < -0.3 is 15.2 Å². The van der Waals surface area contributed by atoms with Crippen molar-refractivity contribution >= 4 is 11.9 Å². The van der Waals surface area contributed by atoms with Gasteiger partial charge in [-0.3, -0.25) is 4.79 Å². The maximum absolute atomic E-state index is 13.7. The fraction of sp³-hybridized carbons (Fsp3) is 0.467. The fourth-order valence-electron chi connectivity index (χ4n) is 1.50. The lowest BCUT2D eigenvalue weighted by Crippen LogP contribution is -2.48. The summed E-state index contributed by atoms with van der Waals surface area (Å²) in [5.41, 5.74) is -0.551. The first-order valence-corrected chi connectivity index (χ1v) is 6.68. The van der Waals surface area contributed by atoms with E-state index in [1.54, 1.807) is 0 Å². The molecule has 0 heterocycles. The molecule has 0 aliphatic heterocycles. The Morgan fingerprint density at radius 2 is 2.05 bits per heavy atom. The molecule has 1 atom stereocenters. The van der Waals surface area contributed by atoms with Crippen LogP contribution < -0.4 is 10.1 Å². The molecular formula is C15H20FNO4. The Kier molecular flexibility index (Phi) is 5.29. The minimum Gasteiger partial charge on any atom is -0.478 e. The highest BCUT2D eigenvalue weighted by atomic mass is 19.1. The highest BCUT2D eigenvalue weighted by Crippen LogP contribution is 2.20. The van der Waals surface area contributed by atoms with Gasteiger partial charge in [0.25, 0.3) is 5.91 Å². The molecule has 2 N–H and O–H groups in total. The van der Waals surface area contributed by atoms with Crippen LogP contribution in [-0.4, -0.2) is 28.6 Å². The minimum absolute atomic E-state index is 0.156. The van der Waals surface area contributed by atoms with Gasteiger partial charge in [-0.05, 0) is 45.4 Å². The molecule has 1 aromatic carbocycles. The molecule has 0 spiro atoms. The maximum Gasteiger partial charge on any atom is 0.335 e. The molecule has 1 unspecified atom stereocenters. The van der Waals surface area contributed by atoms with Crippen molar-refractivity contribution in [2.24, 2.45) is 0 Å². The average Bonchev–Trinajstić information content (AvgIpc) is 2.40. The molecule has 5 nitrogen and oxygen atoms in total. The third kappa shape index (κ3) is 4.73. The van der Waals surface area contributed by atoms with E-state index >= 15 is 0 Å². The first kappa shape index (κ1) is 16.9. The summed E-state index contributed by atoms with van der Waals surface area (Å²) in [6, 6.07) is 3.28. The Morgan fingerprint density at radius 1 is 1.43 bits per heavy atom. The normalized spacial score (nSPS) is 12.6. The highest BCUT2D eigenvalue weighted by Gasteiger charge is 2.23. The average molecular weight is 297 g/mol. The zero-order valence-electron chi connectivity index (χ0n) is 12.6. The number of carbonyl (C=O) groups is 2. The van der Waals surface area contributed by atoms with E-state index in [9.17, 15) is 14.0 Å². The Bertz CT molecular complexity index is 542. The third-order valence-corrected chi connectivity index (χ3v) is 3.20. The number of carbonyl (C=O) groups excluding carboxylic acids is 1. The quantitative estimate of drug-likeness (QED) is 0.846. The van der Waals surface area contributed by atoms with Crippen molar-refractivity contribution in [1.29, 1.82) is 0 Å². The molecule has 0 aliphatic carbocycles. The molecule has 1 amide bonds. The molecule has 6 heteroatoms. The van der Waals surface area contributed by atoms with Crippen molar-refractivity contribution in [1.82, 2.24) is 5.32 Å². The molecule has 1 aromatic rings. The van der Waals surface area contributed by atoms with Gasteiger partial charge in [-0.25, -0.2) is 9.18 Å². The third-order valence-electron chi connectivity index (χ3n) is 3.20. The van der Waals surface area contributed by atoms with Gasteiger partial charge in [0.2, 0.25) is 0 Å². The van der Waals surface area contributed by atoms with Gasteiger partial charge in [0, 0.05) is 5.54 Å². The summed E-state index contributed by atoms with van der Waals surface area (Å²) < 4.78 is 19.0. The molecule has 21 heavy (non-hydrogen) atoms. The Morgan fingerprint density at radius 3 is 2.52 bits per heavy atom. The number of carboxylic acids is 1. The maximum atomic E-state index is 13.7. The summed E-state index contributed by atoms with van der Waals surface area (Å²) >= 11 is 0. The minimum atomic E-state index is -1.23. The molecule has 0 aromatic heterocycles. The second-order valence-corrected chi connectivity index (χ2v) is 5.44. The molecule has 0 bridgehead atoms. The fourth-order valence-corrected chi connectivity index (χ4v) is 1.50. The monoisotopic (exact) mass is 297 g/mol. The van der Waals surface area contributed by atoms with Gasteiger partial charge in [-0.15, -0.1) is 0 Å². The van der Waals surface area contributed by atoms with Crippen LogP contribution in [0.2, 0.25) is 0 Å². The molecule has 1 rings (SSSR count). The summed E-state index contributed by atoms with van der Waals surface area (Å²) in [5.74, 6) is -2.55. The number of rotatable bonds is 6. The zero-order valence-corrected chi connectivity index (χ0v) is 12.6. The second kappa shape index (κ2) is 6.56. The Labute approximate surface area is 123 Å². The van der Waals surface area contributed by atoms with Crippen LogP contribution in [0.3, 0.4) is 0 Å². The molecule has 0 fully saturated rings. The van der Waals surface area contributed by atoms with Crippen LogP contribution in [-0.2, 0) is 4.79 Å². The first-order chi connectivity index (χ1) is 9.66. The largest absolute Gasteiger partial charge is 0.478 e. The Hall–Kier alpha value is -2.11. The first-order valence-electron chi connectivity index (χ1n) is 6.68. The van der Waals surface area contributed by atoms with E-state index in [0.29, 0.717) is 0 Å². The number of benzene rings is 1. The van der Waals surface area contributed by atoms with E-state index in [0.717, 1.165) is 12.5 Å². The van der Waals surface area contributed by atoms with Gasteiger partial charge in [-0.2, -0.15) is 0 Å². The summed E-state index contributed by atoms with van der Waals surface area (Å²) in [7, 11) is 0. The van der Waals surface area contributed by atoms with Gasteiger partial charge in [-0.1, -0.05) is 6.92 Å².